The lowest BCUT2D eigenvalue weighted by Crippen LogP contribution is -2.35. The van der Waals surface area contributed by atoms with E-state index in [1.165, 1.54) is 11.8 Å². The summed E-state index contributed by atoms with van der Waals surface area (Å²) in [6, 6.07) is 14.7. The van der Waals surface area contributed by atoms with Gasteiger partial charge in [-0.1, -0.05) is 47.5 Å². The van der Waals surface area contributed by atoms with Gasteiger partial charge in [0.05, 0.1) is 22.7 Å². The van der Waals surface area contributed by atoms with Gasteiger partial charge >= 0.3 is 5.97 Å². The predicted octanol–water partition coefficient (Wildman–Crippen LogP) is 5.52. The predicted molar refractivity (Wildman–Crippen MR) is 107 cm³/mol. The molecule has 0 fully saturated rings. The Morgan fingerprint density at radius 2 is 1.88 bits per heavy atom. The van der Waals surface area contributed by atoms with Crippen LogP contribution in [0.2, 0.25) is 10.0 Å². The van der Waals surface area contributed by atoms with E-state index in [0.29, 0.717) is 22.2 Å². The molecule has 1 heterocycles. The maximum Gasteiger partial charge on any atom is 0.358 e. The van der Waals surface area contributed by atoms with Gasteiger partial charge in [-0.3, -0.25) is 0 Å². The highest BCUT2D eigenvalue weighted by molar-refractivity contribution is 9.10. The Morgan fingerprint density at radius 3 is 2.58 bits per heavy atom. The molecule has 0 saturated carbocycles. The van der Waals surface area contributed by atoms with Gasteiger partial charge in [-0.25, -0.2) is 4.79 Å². The molecular weight excluding hydrogens is 441 g/mol. The summed E-state index contributed by atoms with van der Waals surface area (Å²) in [6.07, 6.45) is 0.497. The minimum Gasteiger partial charge on any atom is -0.464 e. The van der Waals surface area contributed by atoms with Gasteiger partial charge in [0, 0.05) is 11.8 Å². The summed E-state index contributed by atoms with van der Waals surface area (Å²) >= 11 is 15.7. The molecule has 3 rings (SSSR count). The number of esters is 1. The summed E-state index contributed by atoms with van der Waals surface area (Å²) < 4.78 is 5.58. The summed E-state index contributed by atoms with van der Waals surface area (Å²) in [6.45, 7) is 1.87. The van der Waals surface area contributed by atoms with E-state index in [4.69, 9.17) is 32.8 Å². The molecule has 0 bridgehead atoms. The molecule has 0 spiro atoms. The Morgan fingerprint density at radius 1 is 1.15 bits per heavy atom. The van der Waals surface area contributed by atoms with Gasteiger partial charge in [0.15, 0.2) is 10.2 Å². The van der Waals surface area contributed by atoms with Crippen molar-refractivity contribution in [1.29, 1.82) is 0 Å². The van der Waals surface area contributed by atoms with E-state index in [1.807, 2.05) is 37.3 Å². The quantitative estimate of drug-likeness (QED) is 0.375. The fourth-order valence-electron chi connectivity index (χ4n) is 2.71. The van der Waals surface area contributed by atoms with Crippen molar-refractivity contribution in [2.24, 2.45) is 0 Å². The average molecular weight is 457 g/mol. The molecule has 1 unspecified atom stereocenters. The number of alkyl halides is 1. The zero-order valence-corrected chi connectivity index (χ0v) is 17.2. The van der Waals surface area contributed by atoms with Gasteiger partial charge in [0.2, 0.25) is 0 Å². The minimum atomic E-state index is -0.797. The fraction of sp³-hybridized carbons (Fsp3) is 0.211. The van der Waals surface area contributed by atoms with Gasteiger partial charge in [0.25, 0.3) is 0 Å². The normalized spacial score (nSPS) is 13.4. The monoisotopic (exact) mass is 455 g/mol. The molecule has 0 aliphatic heterocycles. The van der Waals surface area contributed by atoms with Gasteiger partial charge < -0.3 is 9.57 Å². The number of aromatic nitrogens is 1. The number of ether oxygens (including phenoxy) is 1. The molecule has 1 aromatic heterocycles. The number of nitrogens with zero attached hydrogens (tertiary/aromatic N) is 1. The highest BCUT2D eigenvalue weighted by atomic mass is 79.9. The van der Waals surface area contributed by atoms with E-state index >= 15 is 0 Å². The second-order valence-electron chi connectivity index (χ2n) is 5.99. The zero-order valence-electron chi connectivity index (χ0n) is 14.1. The molecule has 0 amide bonds. The van der Waals surface area contributed by atoms with Crippen molar-refractivity contribution in [2.45, 2.75) is 17.9 Å². The van der Waals surface area contributed by atoms with Crippen LogP contribution in [0.25, 0.3) is 10.9 Å². The maximum atomic E-state index is 12.2. The molecule has 0 N–H and O–H groups in total. The van der Waals surface area contributed by atoms with Crippen molar-refractivity contribution in [3.8, 4) is 0 Å². The molecule has 7 heteroatoms. The van der Waals surface area contributed by atoms with Crippen LogP contribution in [0, 0.1) is 0 Å². The smallest absolute Gasteiger partial charge is 0.358 e. The van der Waals surface area contributed by atoms with Crippen LogP contribution in [0.5, 0.6) is 0 Å². The molecule has 136 valence electrons. The number of carbonyl (C=O) groups excluding carboxylic acids is 1. The Hall–Kier alpha value is -1.69. The van der Waals surface area contributed by atoms with Crippen LogP contribution < -0.4 is 4.84 Å². The average Bonchev–Trinajstić information content (AvgIpc) is 2.95. The minimum absolute atomic E-state index is 0.313. The summed E-state index contributed by atoms with van der Waals surface area (Å²) in [5, 5.41) is 1.86. The third kappa shape index (κ3) is 4.00. The van der Waals surface area contributed by atoms with Gasteiger partial charge in [-0.05, 0) is 52.7 Å². The molecule has 0 aliphatic carbocycles. The Kier molecular flexibility index (Phi) is 5.51. The van der Waals surface area contributed by atoms with Crippen molar-refractivity contribution in [3.05, 3.63) is 69.8 Å². The SMILES string of the molecule is COC(=O)c1cc2ccccc2n1OC(C)(Br)Cc1ccc(Cl)c(Cl)c1. The first-order chi connectivity index (χ1) is 12.3. The number of carbonyl (C=O) groups is 1. The van der Waals surface area contributed by atoms with Crippen LogP contribution in [-0.2, 0) is 11.2 Å². The van der Waals surface area contributed by atoms with Crippen LogP contribution in [0.3, 0.4) is 0 Å². The Labute approximate surface area is 169 Å². The zero-order chi connectivity index (χ0) is 18.9. The summed E-state index contributed by atoms with van der Waals surface area (Å²) in [7, 11) is 1.34. The standard InChI is InChI=1S/C19H16BrCl2NO3/c1-19(20,11-12-7-8-14(21)15(22)9-12)26-23-16-6-4-3-5-13(16)10-17(23)18(24)25-2/h3-10H,11H2,1-2H3. The van der Waals surface area contributed by atoms with Gasteiger partial charge in [-0.2, -0.15) is 4.73 Å². The van der Waals surface area contributed by atoms with E-state index in [-0.39, 0.29) is 0 Å². The van der Waals surface area contributed by atoms with Crippen LogP contribution in [-0.4, -0.2) is 22.3 Å². The molecule has 0 radical (unpaired) electrons. The number of halogens is 3. The number of benzene rings is 2. The fourth-order valence-corrected chi connectivity index (χ4v) is 3.50. The van der Waals surface area contributed by atoms with E-state index < -0.39 is 10.5 Å². The Bertz CT molecular complexity index is 969. The number of methoxy groups -OCH3 is 1. The number of fused-ring (bicyclic) bond motifs is 1. The molecule has 3 aromatic rings. The third-order valence-electron chi connectivity index (χ3n) is 3.85. The Balaban J connectivity index is 1.95. The second kappa shape index (κ2) is 7.51. The first-order valence-corrected chi connectivity index (χ1v) is 9.37. The molecule has 1 atom stereocenters. The topological polar surface area (TPSA) is 40.5 Å². The summed E-state index contributed by atoms with van der Waals surface area (Å²) in [5.41, 5.74) is 2.02. The number of para-hydroxylation sites is 1. The van der Waals surface area contributed by atoms with E-state index in [0.717, 1.165) is 16.5 Å². The third-order valence-corrected chi connectivity index (χ3v) is 5.01. The van der Waals surface area contributed by atoms with Crippen molar-refractivity contribution in [3.63, 3.8) is 0 Å². The molecule has 26 heavy (non-hydrogen) atoms. The van der Waals surface area contributed by atoms with Crippen molar-refractivity contribution in [2.75, 3.05) is 7.11 Å². The number of hydrogen-bond donors (Lipinski definition) is 0. The van der Waals surface area contributed by atoms with Gasteiger partial charge in [0.1, 0.15) is 0 Å². The molecule has 0 saturated heterocycles. The lowest BCUT2D eigenvalue weighted by atomic mass is 10.1. The van der Waals surface area contributed by atoms with E-state index in [2.05, 4.69) is 15.9 Å². The molecule has 2 aromatic carbocycles. The largest absolute Gasteiger partial charge is 0.464 e. The first-order valence-electron chi connectivity index (χ1n) is 7.82. The lowest BCUT2D eigenvalue weighted by Gasteiger charge is -2.26. The van der Waals surface area contributed by atoms with E-state index in [9.17, 15) is 4.79 Å². The molecular formula is C19H16BrCl2NO3. The van der Waals surface area contributed by atoms with Crippen LogP contribution in [0.15, 0.2) is 48.5 Å². The van der Waals surface area contributed by atoms with Crippen molar-refractivity contribution in [1.82, 2.24) is 4.73 Å². The summed E-state index contributed by atoms with van der Waals surface area (Å²) in [4.78, 5) is 18.3. The molecule has 0 aliphatic rings. The second-order valence-corrected chi connectivity index (χ2v) is 8.48. The highest BCUT2D eigenvalue weighted by Gasteiger charge is 2.28. The maximum absolute atomic E-state index is 12.2. The lowest BCUT2D eigenvalue weighted by molar-refractivity contribution is 0.0242. The van der Waals surface area contributed by atoms with Crippen LogP contribution >= 0.6 is 39.1 Å². The number of rotatable bonds is 5. The summed E-state index contributed by atoms with van der Waals surface area (Å²) in [5.74, 6) is -0.473. The number of hydrogen-bond acceptors (Lipinski definition) is 3. The van der Waals surface area contributed by atoms with E-state index in [1.54, 1.807) is 18.2 Å². The van der Waals surface area contributed by atoms with Crippen LogP contribution in [0.4, 0.5) is 0 Å². The molecule has 4 nitrogen and oxygen atoms in total. The van der Waals surface area contributed by atoms with Crippen molar-refractivity contribution < 1.29 is 14.4 Å². The highest BCUT2D eigenvalue weighted by Crippen LogP contribution is 2.29. The van der Waals surface area contributed by atoms with Gasteiger partial charge in [-0.15, -0.1) is 0 Å². The first kappa shape index (κ1) is 19.1. The van der Waals surface area contributed by atoms with Crippen molar-refractivity contribution >= 4 is 56.0 Å². The van der Waals surface area contributed by atoms with Crippen LogP contribution in [0.1, 0.15) is 23.0 Å².